The van der Waals surface area contributed by atoms with Gasteiger partial charge in [0.25, 0.3) is 0 Å². The fourth-order valence-corrected chi connectivity index (χ4v) is 2.15. The maximum Gasteiger partial charge on any atom is 0.411 e. The van der Waals surface area contributed by atoms with Crippen molar-refractivity contribution >= 4 is 23.5 Å². The standard InChI is InChI=1S/C12H13F4NO2S/c1-3-19-11(18)17-9-5-10(7(2)4-8(9)13)20-6-12(14,15)16/h4-5H,3,6H2,1-2H3,(H,17,18). The van der Waals surface area contributed by atoms with Crippen molar-refractivity contribution in [1.29, 1.82) is 0 Å². The first-order valence-electron chi connectivity index (χ1n) is 5.66. The fourth-order valence-electron chi connectivity index (χ4n) is 1.34. The summed E-state index contributed by atoms with van der Waals surface area (Å²) >= 11 is 0.534. The van der Waals surface area contributed by atoms with E-state index in [4.69, 9.17) is 0 Å². The molecule has 0 unspecified atom stereocenters. The molecular weight excluding hydrogens is 298 g/mol. The molecule has 1 amide bonds. The lowest BCUT2D eigenvalue weighted by molar-refractivity contribution is -0.105. The lowest BCUT2D eigenvalue weighted by Crippen LogP contribution is -2.15. The smallest absolute Gasteiger partial charge is 0.411 e. The monoisotopic (exact) mass is 311 g/mol. The van der Waals surface area contributed by atoms with Crippen LogP contribution in [0, 0.1) is 12.7 Å². The molecule has 0 radical (unpaired) electrons. The second kappa shape index (κ2) is 6.83. The molecule has 0 bridgehead atoms. The zero-order chi connectivity index (χ0) is 15.3. The Kier molecular flexibility index (Phi) is 5.67. The van der Waals surface area contributed by atoms with Crippen molar-refractivity contribution in [1.82, 2.24) is 0 Å². The number of alkyl halides is 3. The third kappa shape index (κ3) is 5.28. The van der Waals surface area contributed by atoms with E-state index >= 15 is 0 Å². The van der Waals surface area contributed by atoms with Crippen LogP contribution in [0.3, 0.4) is 0 Å². The molecule has 1 aromatic carbocycles. The summed E-state index contributed by atoms with van der Waals surface area (Å²) in [5.74, 6) is -1.81. The number of amides is 1. The van der Waals surface area contributed by atoms with E-state index in [0.717, 1.165) is 12.1 Å². The SMILES string of the molecule is CCOC(=O)Nc1cc(SCC(F)(F)F)c(C)cc1F. The number of hydrogen-bond acceptors (Lipinski definition) is 3. The Morgan fingerprint density at radius 3 is 2.60 bits per heavy atom. The minimum Gasteiger partial charge on any atom is -0.450 e. The van der Waals surface area contributed by atoms with Crippen LogP contribution >= 0.6 is 11.8 Å². The van der Waals surface area contributed by atoms with Gasteiger partial charge in [-0.25, -0.2) is 9.18 Å². The molecule has 1 N–H and O–H groups in total. The first-order chi connectivity index (χ1) is 9.23. The highest BCUT2D eigenvalue weighted by Gasteiger charge is 2.27. The van der Waals surface area contributed by atoms with Gasteiger partial charge in [-0.3, -0.25) is 5.32 Å². The van der Waals surface area contributed by atoms with Crippen molar-refractivity contribution in [2.45, 2.75) is 24.9 Å². The normalized spacial score (nSPS) is 11.3. The highest BCUT2D eigenvalue weighted by molar-refractivity contribution is 7.99. The summed E-state index contributed by atoms with van der Waals surface area (Å²) in [5.41, 5.74) is 0.157. The van der Waals surface area contributed by atoms with Crippen LogP contribution in [0.5, 0.6) is 0 Å². The predicted octanol–water partition coefficient (Wildman–Crippen LogP) is 4.36. The molecule has 3 nitrogen and oxygen atoms in total. The maximum absolute atomic E-state index is 13.6. The number of nitrogens with one attached hydrogen (secondary N) is 1. The number of benzene rings is 1. The topological polar surface area (TPSA) is 38.3 Å². The number of ether oxygens (including phenoxy) is 1. The second-order valence-electron chi connectivity index (χ2n) is 3.85. The molecule has 0 fully saturated rings. The molecule has 0 aliphatic carbocycles. The molecule has 112 valence electrons. The third-order valence-corrected chi connectivity index (χ3v) is 3.39. The van der Waals surface area contributed by atoms with Gasteiger partial charge in [0, 0.05) is 4.90 Å². The number of anilines is 1. The van der Waals surface area contributed by atoms with Crippen molar-refractivity contribution in [3.8, 4) is 0 Å². The predicted molar refractivity (Wildman–Crippen MR) is 68.6 cm³/mol. The summed E-state index contributed by atoms with van der Waals surface area (Å²) in [4.78, 5) is 11.4. The molecule has 20 heavy (non-hydrogen) atoms. The Hall–Kier alpha value is -1.44. The van der Waals surface area contributed by atoms with Gasteiger partial charge in [0.1, 0.15) is 5.82 Å². The van der Waals surface area contributed by atoms with Crippen molar-refractivity contribution in [2.75, 3.05) is 17.7 Å². The molecule has 0 aromatic heterocycles. The number of rotatable bonds is 4. The first kappa shape index (κ1) is 16.6. The van der Waals surface area contributed by atoms with E-state index in [1.54, 1.807) is 6.92 Å². The minimum absolute atomic E-state index is 0.106. The number of hydrogen-bond donors (Lipinski definition) is 1. The summed E-state index contributed by atoms with van der Waals surface area (Å²) < 4.78 is 54.7. The maximum atomic E-state index is 13.6. The van der Waals surface area contributed by atoms with E-state index in [0.29, 0.717) is 17.3 Å². The van der Waals surface area contributed by atoms with Gasteiger partial charge in [-0.05, 0) is 31.5 Å². The van der Waals surface area contributed by atoms with Gasteiger partial charge in [-0.1, -0.05) is 0 Å². The first-order valence-corrected chi connectivity index (χ1v) is 6.65. The summed E-state index contributed by atoms with van der Waals surface area (Å²) in [5, 5.41) is 2.15. The van der Waals surface area contributed by atoms with Gasteiger partial charge in [0.15, 0.2) is 0 Å². The van der Waals surface area contributed by atoms with Crippen LogP contribution in [-0.2, 0) is 4.74 Å². The Morgan fingerprint density at radius 2 is 2.05 bits per heavy atom. The molecule has 1 aromatic rings. The van der Waals surface area contributed by atoms with Crippen molar-refractivity contribution in [2.24, 2.45) is 0 Å². The average Bonchev–Trinajstić information content (AvgIpc) is 2.30. The molecule has 0 saturated heterocycles. The minimum atomic E-state index is -4.32. The van der Waals surface area contributed by atoms with Crippen LogP contribution in [0.2, 0.25) is 0 Å². The van der Waals surface area contributed by atoms with Gasteiger partial charge in [-0.2, -0.15) is 13.2 Å². The summed E-state index contributed by atoms with van der Waals surface area (Å²) in [6, 6.07) is 2.23. The lowest BCUT2D eigenvalue weighted by Gasteiger charge is -2.12. The highest BCUT2D eigenvalue weighted by atomic mass is 32.2. The Bertz CT molecular complexity index is 491. The van der Waals surface area contributed by atoms with Gasteiger partial charge < -0.3 is 4.74 Å². The number of aryl methyl sites for hydroxylation is 1. The fraction of sp³-hybridized carbons (Fsp3) is 0.417. The Labute approximate surface area is 117 Å². The van der Waals surface area contributed by atoms with Crippen molar-refractivity contribution in [3.63, 3.8) is 0 Å². The molecule has 0 saturated carbocycles. The van der Waals surface area contributed by atoms with Crippen LogP contribution in [0.15, 0.2) is 17.0 Å². The molecule has 0 spiro atoms. The lowest BCUT2D eigenvalue weighted by atomic mass is 10.2. The van der Waals surface area contributed by atoms with Crippen LogP contribution < -0.4 is 5.32 Å². The molecular formula is C12H13F4NO2S. The van der Waals surface area contributed by atoms with E-state index in [-0.39, 0.29) is 17.2 Å². The zero-order valence-corrected chi connectivity index (χ0v) is 11.6. The van der Waals surface area contributed by atoms with Gasteiger partial charge in [0.05, 0.1) is 18.0 Å². The summed E-state index contributed by atoms with van der Waals surface area (Å²) in [7, 11) is 0. The van der Waals surface area contributed by atoms with Gasteiger partial charge >= 0.3 is 12.3 Å². The Balaban J connectivity index is 2.88. The van der Waals surface area contributed by atoms with Crippen molar-refractivity contribution < 1.29 is 27.1 Å². The number of carbonyl (C=O) groups is 1. The average molecular weight is 311 g/mol. The second-order valence-corrected chi connectivity index (χ2v) is 4.86. The van der Waals surface area contributed by atoms with E-state index in [1.807, 2.05) is 0 Å². The van der Waals surface area contributed by atoms with Crippen LogP contribution in [0.25, 0.3) is 0 Å². The molecule has 0 atom stereocenters. The quantitative estimate of drug-likeness (QED) is 0.663. The molecule has 0 aliphatic rings. The molecule has 0 aliphatic heterocycles. The van der Waals surface area contributed by atoms with Crippen LogP contribution in [0.1, 0.15) is 12.5 Å². The van der Waals surface area contributed by atoms with E-state index in [1.165, 1.54) is 6.92 Å². The van der Waals surface area contributed by atoms with E-state index in [9.17, 15) is 22.4 Å². The van der Waals surface area contributed by atoms with Crippen LogP contribution in [-0.4, -0.2) is 24.6 Å². The van der Waals surface area contributed by atoms with Crippen LogP contribution in [0.4, 0.5) is 28.0 Å². The van der Waals surface area contributed by atoms with E-state index < -0.39 is 23.8 Å². The number of carbonyl (C=O) groups excluding carboxylic acids is 1. The number of thioether (sulfide) groups is 1. The Morgan fingerprint density at radius 1 is 1.40 bits per heavy atom. The highest BCUT2D eigenvalue weighted by Crippen LogP contribution is 2.32. The largest absolute Gasteiger partial charge is 0.450 e. The van der Waals surface area contributed by atoms with Crippen molar-refractivity contribution in [3.05, 3.63) is 23.5 Å². The van der Waals surface area contributed by atoms with E-state index in [2.05, 4.69) is 10.1 Å². The summed E-state index contributed by atoms with van der Waals surface area (Å²) in [6.45, 7) is 3.18. The third-order valence-electron chi connectivity index (χ3n) is 2.17. The molecule has 8 heteroatoms. The van der Waals surface area contributed by atoms with Gasteiger partial charge in [-0.15, -0.1) is 11.8 Å². The molecule has 0 heterocycles. The summed E-state index contributed by atoms with van der Waals surface area (Å²) in [6.07, 6.45) is -5.18. The molecule has 1 rings (SSSR count). The van der Waals surface area contributed by atoms with Gasteiger partial charge in [0.2, 0.25) is 0 Å². The number of halogens is 4. The zero-order valence-electron chi connectivity index (χ0n) is 10.8.